The summed E-state index contributed by atoms with van der Waals surface area (Å²) in [6, 6.07) is 0.662. The molecule has 3 N–H and O–H groups in total. The number of aromatic nitrogens is 1. The van der Waals surface area contributed by atoms with Gasteiger partial charge in [-0.15, -0.1) is 0 Å². The molecule has 0 aromatic carbocycles. The van der Waals surface area contributed by atoms with E-state index >= 15 is 0 Å². The molecule has 0 fully saturated rings. The van der Waals surface area contributed by atoms with Gasteiger partial charge in [0.15, 0.2) is 4.90 Å². The zero-order valence-electron chi connectivity index (χ0n) is 8.03. The van der Waals surface area contributed by atoms with E-state index in [1.807, 2.05) is 0 Å². The second-order valence-electron chi connectivity index (χ2n) is 2.79. The monoisotopic (exact) mass is 254 g/mol. The van der Waals surface area contributed by atoms with E-state index in [9.17, 15) is 22.0 Å². The number of sulfonamides is 1. The van der Waals surface area contributed by atoms with E-state index in [2.05, 4.69) is 4.74 Å². The Hall–Kier alpha value is -1.48. The Balaban J connectivity index is 3.56. The summed E-state index contributed by atoms with van der Waals surface area (Å²) in [5.74, 6) is -0.446. The van der Waals surface area contributed by atoms with Crippen LogP contribution in [0.5, 0.6) is 5.75 Å². The SMILES string of the molecule is COc1cc(S(N)(=O)=O)c(=O)[nH]c1C(F)F. The predicted molar refractivity (Wildman–Crippen MR) is 49.9 cm³/mol. The van der Waals surface area contributed by atoms with Gasteiger partial charge in [0, 0.05) is 6.07 Å². The first-order valence-corrected chi connectivity index (χ1v) is 5.44. The molecule has 0 aliphatic rings. The van der Waals surface area contributed by atoms with Crippen LogP contribution in [0.1, 0.15) is 12.1 Å². The Labute approximate surface area is 89.1 Å². The van der Waals surface area contributed by atoms with Gasteiger partial charge in [-0.05, 0) is 0 Å². The fraction of sp³-hybridized carbons (Fsp3) is 0.286. The molecule has 0 unspecified atom stereocenters. The minimum Gasteiger partial charge on any atom is -0.495 e. The molecule has 0 radical (unpaired) electrons. The minimum absolute atomic E-state index is 0.446. The van der Waals surface area contributed by atoms with Crippen LogP contribution in [-0.2, 0) is 10.0 Å². The Morgan fingerprint density at radius 2 is 2.06 bits per heavy atom. The van der Waals surface area contributed by atoms with Crippen molar-refractivity contribution in [3.05, 3.63) is 22.1 Å². The molecular weight excluding hydrogens is 246 g/mol. The van der Waals surface area contributed by atoms with Crippen LogP contribution in [0.4, 0.5) is 8.78 Å². The molecular formula is C7H8F2N2O4S. The molecule has 9 heteroatoms. The molecule has 1 aromatic rings. The third-order valence-corrected chi connectivity index (χ3v) is 2.66. The summed E-state index contributed by atoms with van der Waals surface area (Å²) < 4.78 is 51.1. The molecule has 1 heterocycles. The fourth-order valence-electron chi connectivity index (χ4n) is 1.05. The number of halogens is 2. The van der Waals surface area contributed by atoms with Crippen molar-refractivity contribution in [2.24, 2.45) is 5.14 Å². The Morgan fingerprint density at radius 1 is 1.50 bits per heavy atom. The average molecular weight is 254 g/mol. The summed E-state index contributed by atoms with van der Waals surface area (Å²) in [4.78, 5) is 12.0. The number of H-pyrrole nitrogens is 1. The van der Waals surface area contributed by atoms with E-state index in [0.29, 0.717) is 6.07 Å². The number of hydrogen-bond donors (Lipinski definition) is 2. The van der Waals surface area contributed by atoms with Crippen molar-refractivity contribution in [2.45, 2.75) is 11.3 Å². The van der Waals surface area contributed by atoms with Gasteiger partial charge in [0.25, 0.3) is 12.0 Å². The Kier molecular flexibility index (Phi) is 3.29. The van der Waals surface area contributed by atoms with Crippen molar-refractivity contribution in [2.75, 3.05) is 7.11 Å². The standard InChI is InChI=1S/C7H8F2N2O4S/c1-15-3-2-4(16(10,13)14)7(12)11-5(3)6(8)9/h2,6H,1H3,(H,11,12)(H2,10,13,14). The lowest BCUT2D eigenvalue weighted by Gasteiger charge is -2.08. The lowest BCUT2D eigenvalue weighted by Crippen LogP contribution is -2.24. The van der Waals surface area contributed by atoms with Crippen molar-refractivity contribution in [3.8, 4) is 5.75 Å². The predicted octanol–water partition coefficient (Wildman–Crippen LogP) is -0.0315. The third-order valence-electron chi connectivity index (χ3n) is 1.74. The van der Waals surface area contributed by atoms with Crippen LogP contribution in [0.15, 0.2) is 15.8 Å². The highest BCUT2D eigenvalue weighted by Crippen LogP contribution is 2.26. The first-order chi connectivity index (χ1) is 7.27. The second-order valence-corrected chi connectivity index (χ2v) is 4.32. The van der Waals surface area contributed by atoms with E-state index in [0.717, 1.165) is 7.11 Å². The molecule has 0 saturated heterocycles. The number of pyridine rings is 1. The first-order valence-electron chi connectivity index (χ1n) is 3.89. The normalized spacial score (nSPS) is 11.8. The van der Waals surface area contributed by atoms with Gasteiger partial charge in [0.05, 0.1) is 7.11 Å². The summed E-state index contributed by atoms with van der Waals surface area (Å²) >= 11 is 0. The Bertz CT molecular complexity index is 552. The highest BCUT2D eigenvalue weighted by Gasteiger charge is 2.21. The second kappa shape index (κ2) is 4.18. The van der Waals surface area contributed by atoms with Crippen molar-refractivity contribution in [1.82, 2.24) is 4.98 Å². The van der Waals surface area contributed by atoms with Crippen LogP contribution < -0.4 is 15.4 Å². The number of nitrogens with two attached hydrogens (primary N) is 1. The maximum atomic E-state index is 12.4. The zero-order valence-corrected chi connectivity index (χ0v) is 8.85. The summed E-state index contributed by atoms with van der Waals surface area (Å²) in [5.41, 5.74) is -2.00. The molecule has 0 aliphatic heterocycles. The first kappa shape index (κ1) is 12.6. The number of nitrogens with one attached hydrogen (secondary N) is 1. The number of methoxy groups -OCH3 is 1. The van der Waals surface area contributed by atoms with Gasteiger partial charge in [-0.25, -0.2) is 22.3 Å². The molecule has 0 atom stereocenters. The minimum atomic E-state index is -4.28. The largest absolute Gasteiger partial charge is 0.495 e. The Morgan fingerprint density at radius 3 is 2.44 bits per heavy atom. The quantitative estimate of drug-likeness (QED) is 0.790. The molecule has 90 valence electrons. The molecule has 1 rings (SSSR count). The molecule has 0 bridgehead atoms. The maximum Gasteiger partial charge on any atom is 0.281 e. The third kappa shape index (κ3) is 2.36. The van der Waals surface area contributed by atoms with Gasteiger partial charge in [-0.3, -0.25) is 4.79 Å². The van der Waals surface area contributed by atoms with E-state index in [1.54, 1.807) is 4.98 Å². The van der Waals surface area contributed by atoms with Gasteiger partial charge in [-0.1, -0.05) is 0 Å². The summed E-state index contributed by atoms with van der Waals surface area (Å²) in [7, 11) is -3.22. The van der Waals surface area contributed by atoms with E-state index in [4.69, 9.17) is 5.14 Å². The van der Waals surface area contributed by atoms with Crippen molar-refractivity contribution in [1.29, 1.82) is 0 Å². The molecule has 16 heavy (non-hydrogen) atoms. The lowest BCUT2D eigenvalue weighted by atomic mass is 10.3. The summed E-state index contributed by atoms with van der Waals surface area (Å²) in [6.07, 6.45) is -2.99. The van der Waals surface area contributed by atoms with Gasteiger partial charge in [-0.2, -0.15) is 0 Å². The highest BCUT2D eigenvalue weighted by atomic mass is 32.2. The van der Waals surface area contributed by atoms with Crippen LogP contribution in [0.2, 0.25) is 0 Å². The number of rotatable bonds is 3. The van der Waals surface area contributed by atoms with Crippen LogP contribution in [0, 0.1) is 0 Å². The average Bonchev–Trinajstić information content (AvgIpc) is 2.15. The van der Waals surface area contributed by atoms with Crippen molar-refractivity contribution >= 4 is 10.0 Å². The van der Waals surface area contributed by atoms with Crippen LogP contribution in [0.25, 0.3) is 0 Å². The maximum absolute atomic E-state index is 12.4. The molecule has 0 spiro atoms. The smallest absolute Gasteiger partial charge is 0.281 e. The topological polar surface area (TPSA) is 102 Å². The van der Waals surface area contributed by atoms with E-state index in [-0.39, 0.29) is 0 Å². The number of hydrogen-bond acceptors (Lipinski definition) is 4. The number of ether oxygens (including phenoxy) is 1. The molecule has 0 aliphatic carbocycles. The van der Waals surface area contributed by atoms with Crippen molar-refractivity contribution in [3.63, 3.8) is 0 Å². The number of alkyl halides is 2. The number of primary sulfonamides is 1. The molecule has 1 aromatic heterocycles. The van der Waals surface area contributed by atoms with Gasteiger partial charge in [0.1, 0.15) is 11.4 Å². The zero-order chi connectivity index (χ0) is 12.5. The van der Waals surface area contributed by atoms with Crippen LogP contribution in [-0.4, -0.2) is 20.5 Å². The highest BCUT2D eigenvalue weighted by molar-refractivity contribution is 7.89. The van der Waals surface area contributed by atoms with Crippen LogP contribution in [0.3, 0.4) is 0 Å². The van der Waals surface area contributed by atoms with Crippen molar-refractivity contribution < 1.29 is 21.9 Å². The summed E-state index contributed by atoms with van der Waals surface area (Å²) in [5, 5.41) is 4.72. The van der Waals surface area contributed by atoms with Crippen LogP contribution >= 0.6 is 0 Å². The molecule has 0 amide bonds. The summed E-state index contributed by atoms with van der Waals surface area (Å²) in [6.45, 7) is 0. The van der Waals surface area contributed by atoms with Gasteiger partial charge < -0.3 is 9.72 Å². The van der Waals surface area contributed by atoms with Gasteiger partial charge >= 0.3 is 0 Å². The fourth-order valence-corrected chi connectivity index (χ4v) is 1.63. The molecule has 0 saturated carbocycles. The van der Waals surface area contributed by atoms with Gasteiger partial charge in [0.2, 0.25) is 10.0 Å². The lowest BCUT2D eigenvalue weighted by molar-refractivity contribution is 0.141. The van der Waals surface area contributed by atoms with E-state index in [1.165, 1.54) is 0 Å². The molecule has 6 nitrogen and oxygen atoms in total. The number of aromatic amines is 1. The van der Waals surface area contributed by atoms with E-state index < -0.39 is 38.3 Å².